The van der Waals surface area contributed by atoms with Crippen LogP contribution in [0.15, 0.2) is 52.1 Å². The molecule has 0 aliphatic heterocycles. The van der Waals surface area contributed by atoms with E-state index in [1.165, 1.54) is 11.0 Å². The quantitative estimate of drug-likeness (QED) is 0.744. The largest absolute Gasteiger partial charge is 0.441 e. The lowest BCUT2D eigenvalue weighted by atomic mass is 10.1. The van der Waals surface area contributed by atoms with Crippen LogP contribution in [0.5, 0.6) is 0 Å². The van der Waals surface area contributed by atoms with Crippen LogP contribution >= 0.6 is 0 Å². The molecule has 110 valence electrons. The second kappa shape index (κ2) is 4.94. The van der Waals surface area contributed by atoms with E-state index in [9.17, 15) is 4.79 Å². The van der Waals surface area contributed by atoms with Crippen molar-refractivity contribution < 1.29 is 4.42 Å². The highest BCUT2D eigenvalue weighted by molar-refractivity contribution is 5.65. The Morgan fingerprint density at radius 3 is 2.64 bits per heavy atom. The minimum Gasteiger partial charge on any atom is -0.441 e. The van der Waals surface area contributed by atoms with Crippen molar-refractivity contribution in [2.45, 2.75) is 25.7 Å². The van der Waals surface area contributed by atoms with Crippen LogP contribution in [0.1, 0.15) is 30.0 Å². The summed E-state index contributed by atoms with van der Waals surface area (Å²) >= 11 is 0. The average molecular weight is 293 g/mol. The van der Waals surface area contributed by atoms with Crippen LogP contribution in [0.25, 0.3) is 17.1 Å². The number of hydrogen-bond donors (Lipinski definition) is 0. The van der Waals surface area contributed by atoms with Gasteiger partial charge in [-0.1, -0.05) is 29.8 Å². The van der Waals surface area contributed by atoms with E-state index in [1.54, 1.807) is 6.20 Å². The van der Waals surface area contributed by atoms with Gasteiger partial charge in [0.1, 0.15) is 0 Å². The van der Waals surface area contributed by atoms with Gasteiger partial charge in [0.2, 0.25) is 0 Å². The first-order valence-corrected chi connectivity index (χ1v) is 7.33. The summed E-state index contributed by atoms with van der Waals surface area (Å²) < 4.78 is 6.93. The van der Waals surface area contributed by atoms with E-state index in [-0.39, 0.29) is 5.69 Å². The fourth-order valence-corrected chi connectivity index (χ4v) is 2.50. The van der Waals surface area contributed by atoms with Crippen molar-refractivity contribution in [1.82, 2.24) is 14.5 Å². The molecule has 2 heterocycles. The third kappa shape index (κ3) is 2.24. The van der Waals surface area contributed by atoms with Crippen molar-refractivity contribution >= 4 is 0 Å². The first-order chi connectivity index (χ1) is 10.7. The van der Waals surface area contributed by atoms with Crippen molar-refractivity contribution in [1.29, 1.82) is 0 Å². The molecule has 5 nitrogen and oxygen atoms in total. The maximum absolute atomic E-state index is 12.3. The maximum Gasteiger partial charge on any atom is 0.353 e. The van der Waals surface area contributed by atoms with Gasteiger partial charge >= 0.3 is 5.69 Å². The number of nitrogens with zero attached hydrogens (tertiary/aromatic N) is 3. The van der Waals surface area contributed by atoms with Crippen molar-refractivity contribution in [3.63, 3.8) is 0 Å². The molecule has 0 bridgehead atoms. The fraction of sp³-hybridized carbons (Fsp3) is 0.235. The molecule has 3 aromatic rings. The molecule has 2 aromatic heterocycles. The summed E-state index contributed by atoms with van der Waals surface area (Å²) in [6.07, 6.45) is 5.33. The molecule has 5 heteroatoms. The Labute approximate surface area is 127 Å². The number of aryl methyl sites for hydroxylation is 1. The van der Waals surface area contributed by atoms with Gasteiger partial charge in [-0.15, -0.1) is 0 Å². The number of hydrogen-bond acceptors (Lipinski definition) is 4. The summed E-state index contributed by atoms with van der Waals surface area (Å²) in [5, 5.41) is 0. The number of benzene rings is 1. The summed E-state index contributed by atoms with van der Waals surface area (Å²) in [4.78, 5) is 20.6. The van der Waals surface area contributed by atoms with Gasteiger partial charge in [0.25, 0.3) is 0 Å². The van der Waals surface area contributed by atoms with Crippen molar-refractivity contribution in [2.24, 2.45) is 0 Å². The smallest absolute Gasteiger partial charge is 0.353 e. The molecule has 1 aromatic carbocycles. The molecule has 0 radical (unpaired) electrons. The Balaban J connectivity index is 1.79. The Morgan fingerprint density at radius 2 is 1.95 bits per heavy atom. The Bertz CT molecular complexity index is 873. The SMILES string of the molecule is Cc1ccc(-c2ocnc2-n2ccc(C3CC3)nc2=O)cc1. The first kappa shape index (κ1) is 13.0. The molecular formula is C17H15N3O2. The zero-order valence-electron chi connectivity index (χ0n) is 12.2. The highest BCUT2D eigenvalue weighted by atomic mass is 16.3. The van der Waals surface area contributed by atoms with Gasteiger partial charge < -0.3 is 4.42 Å². The average Bonchev–Trinajstić information content (AvgIpc) is 3.26. The predicted molar refractivity (Wildman–Crippen MR) is 82.0 cm³/mol. The standard InChI is InChI=1S/C17H15N3O2/c1-11-2-4-13(5-3-11)15-16(18-10-22-15)20-9-8-14(12-6-7-12)19-17(20)21/h2-5,8-10,12H,6-7H2,1H3. The van der Waals surface area contributed by atoms with Crippen molar-refractivity contribution in [3.8, 4) is 17.1 Å². The first-order valence-electron chi connectivity index (χ1n) is 7.33. The molecule has 0 amide bonds. The number of aromatic nitrogens is 3. The highest BCUT2D eigenvalue weighted by Gasteiger charge is 2.26. The predicted octanol–water partition coefficient (Wildman–Crippen LogP) is 3.07. The van der Waals surface area contributed by atoms with Gasteiger partial charge in [0, 0.05) is 17.7 Å². The molecule has 0 unspecified atom stereocenters. The Kier molecular flexibility index (Phi) is 2.92. The van der Waals surface area contributed by atoms with E-state index < -0.39 is 0 Å². The second-order valence-electron chi connectivity index (χ2n) is 5.65. The van der Waals surface area contributed by atoms with Crippen LogP contribution in [0, 0.1) is 6.92 Å². The highest BCUT2D eigenvalue weighted by Crippen LogP contribution is 2.38. The van der Waals surface area contributed by atoms with Gasteiger partial charge in [0.15, 0.2) is 18.0 Å². The Morgan fingerprint density at radius 1 is 1.18 bits per heavy atom. The summed E-state index contributed by atoms with van der Waals surface area (Å²) in [5.41, 5.74) is 2.61. The van der Waals surface area contributed by atoms with E-state index in [1.807, 2.05) is 37.3 Å². The molecule has 0 saturated heterocycles. The van der Waals surface area contributed by atoms with E-state index in [0.29, 0.717) is 17.5 Å². The minimum atomic E-state index is -0.313. The fourth-order valence-electron chi connectivity index (χ4n) is 2.50. The zero-order valence-corrected chi connectivity index (χ0v) is 12.2. The van der Waals surface area contributed by atoms with E-state index in [4.69, 9.17) is 4.42 Å². The maximum atomic E-state index is 12.3. The summed E-state index contributed by atoms with van der Waals surface area (Å²) in [7, 11) is 0. The van der Waals surface area contributed by atoms with E-state index in [2.05, 4.69) is 9.97 Å². The Hall–Kier alpha value is -2.69. The molecule has 1 fully saturated rings. The lowest BCUT2D eigenvalue weighted by Crippen LogP contribution is -2.22. The van der Waals surface area contributed by atoms with E-state index in [0.717, 1.165) is 29.7 Å². The van der Waals surface area contributed by atoms with Gasteiger partial charge in [-0.2, -0.15) is 9.97 Å². The van der Waals surface area contributed by atoms with Crippen LogP contribution in [0.4, 0.5) is 0 Å². The van der Waals surface area contributed by atoms with Crippen LogP contribution < -0.4 is 5.69 Å². The second-order valence-corrected chi connectivity index (χ2v) is 5.65. The molecule has 0 spiro atoms. The third-order valence-corrected chi connectivity index (χ3v) is 3.91. The van der Waals surface area contributed by atoms with Gasteiger partial charge in [-0.25, -0.2) is 9.36 Å². The molecule has 0 N–H and O–H groups in total. The van der Waals surface area contributed by atoms with Gasteiger partial charge in [0.05, 0.1) is 5.69 Å². The topological polar surface area (TPSA) is 60.9 Å². The van der Waals surface area contributed by atoms with Gasteiger partial charge in [-0.3, -0.25) is 0 Å². The van der Waals surface area contributed by atoms with Crippen molar-refractivity contribution in [3.05, 3.63) is 64.7 Å². The lowest BCUT2D eigenvalue weighted by molar-refractivity contribution is 0.571. The lowest BCUT2D eigenvalue weighted by Gasteiger charge is -2.05. The molecule has 4 rings (SSSR count). The molecule has 1 saturated carbocycles. The normalized spacial score (nSPS) is 14.2. The molecule has 1 aliphatic carbocycles. The van der Waals surface area contributed by atoms with Crippen LogP contribution in [-0.4, -0.2) is 14.5 Å². The van der Waals surface area contributed by atoms with E-state index >= 15 is 0 Å². The summed E-state index contributed by atoms with van der Waals surface area (Å²) in [5.74, 6) is 1.50. The van der Waals surface area contributed by atoms with Gasteiger partial charge in [-0.05, 0) is 25.8 Å². The molecule has 0 atom stereocenters. The number of rotatable bonds is 3. The molecule has 1 aliphatic rings. The third-order valence-electron chi connectivity index (χ3n) is 3.91. The molecular weight excluding hydrogens is 278 g/mol. The summed E-state index contributed by atoms with van der Waals surface area (Å²) in [6.45, 7) is 2.02. The monoisotopic (exact) mass is 293 g/mol. The van der Waals surface area contributed by atoms with Crippen LogP contribution in [0.2, 0.25) is 0 Å². The minimum absolute atomic E-state index is 0.313. The molecule has 22 heavy (non-hydrogen) atoms. The van der Waals surface area contributed by atoms with Crippen LogP contribution in [0.3, 0.4) is 0 Å². The van der Waals surface area contributed by atoms with Crippen molar-refractivity contribution in [2.75, 3.05) is 0 Å². The zero-order chi connectivity index (χ0) is 15.1. The summed E-state index contributed by atoms with van der Waals surface area (Å²) in [6, 6.07) is 9.80. The van der Waals surface area contributed by atoms with Crippen LogP contribution in [-0.2, 0) is 0 Å². The number of oxazole rings is 1.